The van der Waals surface area contributed by atoms with Crippen LogP contribution in [-0.4, -0.2) is 28.3 Å². The molecule has 0 saturated heterocycles. The lowest BCUT2D eigenvalue weighted by atomic mass is 10.2. The van der Waals surface area contributed by atoms with Crippen LogP contribution in [0.1, 0.15) is 5.56 Å². The van der Waals surface area contributed by atoms with Gasteiger partial charge in [0, 0.05) is 5.69 Å². The first kappa shape index (κ1) is 17.4. The third-order valence-electron chi connectivity index (χ3n) is 3.34. The number of thiazole rings is 1. The van der Waals surface area contributed by atoms with Crippen molar-refractivity contribution in [2.45, 2.75) is 6.92 Å². The molecule has 0 aliphatic carbocycles. The minimum absolute atomic E-state index is 0.123. The molecule has 0 atom stereocenters. The average molecular weight is 371 g/mol. The Morgan fingerprint density at radius 3 is 2.40 bits per heavy atom. The van der Waals surface area contributed by atoms with Crippen molar-refractivity contribution in [3.63, 3.8) is 0 Å². The Balaban J connectivity index is 1.42. The van der Waals surface area contributed by atoms with Gasteiger partial charge in [0.1, 0.15) is 0 Å². The van der Waals surface area contributed by atoms with Crippen LogP contribution in [0.25, 0.3) is 10.2 Å². The zero-order valence-electron chi connectivity index (χ0n) is 13.6. The van der Waals surface area contributed by atoms with Crippen molar-refractivity contribution in [2.75, 3.05) is 22.1 Å². The molecule has 0 spiro atoms. The highest BCUT2D eigenvalue weighted by Crippen LogP contribution is 2.25. The zero-order valence-corrected chi connectivity index (χ0v) is 15.2. The number of fused-ring (bicyclic) bond motifs is 1. The fourth-order valence-electron chi connectivity index (χ4n) is 2.15. The summed E-state index contributed by atoms with van der Waals surface area (Å²) >= 11 is 2.71. The summed E-state index contributed by atoms with van der Waals surface area (Å²) in [6, 6.07) is 15.3. The number of benzene rings is 2. The van der Waals surface area contributed by atoms with Crippen LogP contribution in [0.5, 0.6) is 0 Å². The molecule has 5 nitrogen and oxygen atoms in total. The SMILES string of the molecule is Cc1ccc(NC(=O)CSCC(=O)Nc2nc3ccccc3s2)cc1. The van der Waals surface area contributed by atoms with Crippen molar-refractivity contribution < 1.29 is 9.59 Å². The topological polar surface area (TPSA) is 71.1 Å². The molecular weight excluding hydrogens is 354 g/mol. The summed E-state index contributed by atoms with van der Waals surface area (Å²) in [6.45, 7) is 1.99. The van der Waals surface area contributed by atoms with Crippen LogP contribution in [0, 0.1) is 6.92 Å². The predicted octanol–water partition coefficient (Wildman–Crippen LogP) is 3.92. The van der Waals surface area contributed by atoms with E-state index in [0.29, 0.717) is 5.13 Å². The van der Waals surface area contributed by atoms with Crippen LogP contribution < -0.4 is 10.6 Å². The number of anilines is 2. The average Bonchev–Trinajstić information content (AvgIpc) is 2.99. The van der Waals surface area contributed by atoms with E-state index in [4.69, 9.17) is 0 Å². The van der Waals surface area contributed by atoms with E-state index in [1.165, 1.54) is 23.1 Å². The van der Waals surface area contributed by atoms with Gasteiger partial charge in [-0.1, -0.05) is 41.2 Å². The number of rotatable bonds is 6. The van der Waals surface area contributed by atoms with Gasteiger partial charge in [-0.3, -0.25) is 9.59 Å². The maximum Gasteiger partial charge on any atom is 0.236 e. The summed E-state index contributed by atoms with van der Waals surface area (Å²) in [5.41, 5.74) is 2.77. The van der Waals surface area contributed by atoms with Crippen LogP contribution in [0.2, 0.25) is 0 Å². The lowest BCUT2D eigenvalue weighted by Gasteiger charge is -2.05. The number of carbonyl (C=O) groups excluding carboxylic acids is 2. The van der Waals surface area contributed by atoms with E-state index in [1.807, 2.05) is 55.5 Å². The minimum Gasteiger partial charge on any atom is -0.325 e. The summed E-state index contributed by atoms with van der Waals surface area (Å²) in [5, 5.41) is 6.17. The highest BCUT2D eigenvalue weighted by atomic mass is 32.2. The molecule has 2 amide bonds. The molecule has 1 aromatic heterocycles. The maximum atomic E-state index is 12.0. The van der Waals surface area contributed by atoms with E-state index in [-0.39, 0.29) is 23.3 Å². The van der Waals surface area contributed by atoms with Gasteiger partial charge in [-0.15, -0.1) is 11.8 Å². The number of thioether (sulfide) groups is 1. The molecule has 1 heterocycles. The molecule has 0 fully saturated rings. The Bertz CT molecular complexity index is 858. The van der Waals surface area contributed by atoms with Crippen molar-refractivity contribution >= 4 is 55.9 Å². The largest absolute Gasteiger partial charge is 0.325 e. The molecule has 0 bridgehead atoms. The number of aryl methyl sites for hydroxylation is 1. The van der Waals surface area contributed by atoms with Crippen molar-refractivity contribution in [1.29, 1.82) is 0 Å². The quantitative estimate of drug-likeness (QED) is 0.689. The Morgan fingerprint density at radius 1 is 1.00 bits per heavy atom. The van der Waals surface area contributed by atoms with E-state index in [0.717, 1.165) is 21.5 Å². The van der Waals surface area contributed by atoms with Gasteiger partial charge in [-0.2, -0.15) is 0 Å². The lowest BCUT2D eigenvalue weighted by molar-refractivity contribution is -0.114. The van der Waals surface area contributed by atoms with Gasteiger partial charge >= 0.3 is 0 Å². The summed E-state index contributed by atoms with van der Waals surface area (Å²) in [4.78, 5) is 28.2. The van der Waals surface area contributed by atoms with E-state index in [9.17, 15) is 9.59 Å². The normalized spacial score (nSPS) is 10.6. The molecule has 128 valence electrons. The van der Waals surface area contributed by atoms with Gasteiger partial charge in [-0.25, -0.2) is 4.98 Å². The first-order valence-corrected chi connectivity index (χ1v) is 9.67. The second-order valence-corrected chi connectivity index (χ2v) is 7.46. The third-order valence-corrected chi connectivity index (χ3v) is 5.23. The fraction of sp³-hybridized carbons (Fsp3) is 0.167. The summed E-state index contributed by atoms with van der Waals surface area (Å²) in [5.74, 6) is 0.145. The monoisotopic (exact) mass is 371 g/mol. The Labute approximate surface area is 153 Å². The number of carbonyl (C=O) groups is 2. The zero-order chi connectivity index (χ0) is 17.6. The van der Waals surface area contributed by atoms with E-state index < -0.39 is 0 Å². The molecule has 0 radical (unpaired) electrons. The van der Waals surface area contributed by atoms with Crippen LogP contribution in [0.3, 0.4) is 0 Å². The second-order valence-electron chi connectivity index (χ2n) is 5.44. The summed E-state index contributed by atoms with van der Waals surface area (Å²) < 4.78 is 1.03. The molecule has 0 aliphatic rings. The molecule has 3 rings (SSSR count). The smallest absolute Gasteiger partial charge is 0.236 e. The highest BCUT2D eigenvalue weighted by Gasteiger charge is 2.09. The highest BCUT2D eigenvalue weighted by molar-refractivity contribution is 8.00. The van der Waals surface area contributed by atoms with Crippen molar-refractivity contribution in [3.05, 3.63) is 54.1 Å². The summed E-state index contributed by atoms with van der Waals surface area (Å²) in [7, 11) is 0. The molecule has 0 aliphatic heterocycles. The van der Waals surface area contributed by atoms with Crippen LogP contribution >= 0.6 is 23.1 Å². The fourth-order valence-corrected chi connectivity index (χ4v) is 3.65. The number of amides is 2. The van der Waals surface area contributed by atoms with Crippen LogP contribution in [0.15, 0.2) is 48.5 Å². The maximum absolute atomic E-state index is 12.0. The van der Waals surface area contributed by atoms with Gasteiger partial charge in [-0.05, 0) is 31.2 Å². The first-order chi connectivity index (χ1) is 12.1. The van der Waals surface area contributed by atoms with Gasteiger partial charge < -0.3 is 10.6 Å². The number of nitrogens with one attached hydrogen (secondary N) is 2. The first-order valence-electron chi connectivity index (χ1n) is 7.70. The van der Waals surface area contributed by atoms with Gasteiger partial charge in [0.25, 0.3) is 0 Å². The van der Waals surface area contributed by atoms with Gasteiger partial charge in [0.15, 0.2) is 5.13 Å². The number of nitrogens with zero attached hydrogens (tertiary/aromatic N) is 1. The minimum atomic E-state index is -0.160. The molecule has 2 aromatic carbocycles. The van der Waals surface area contributed by atoms with Gasteiger partial charge in [0.2, 0.25) is 11.8 Å². The molecule has 25 heavy (non-hydrogen) atoms. The number of aromatic nitrogens is 1. The summed E-state index contributed by atoms with van der Waals surface area (Å²) in [6.07, 6.45) is 0. The number of hydrogen-bond donors (Lipinski definition) is 2. The molecule has 0 unspecified atom stereocenters. The van der Waals surface area contributed by atoms with E-state index >= 15 is 0 Å². The van der Waals surface area contributed by atoms with E-state index in [1.54, 1.807) is 0 Å². The Hall–Kier alpha value is -2.38. The molecule has 0 saturated carbocycles. The standard InChI is InChI=1S/C18H17N3O2S2/c1-12-6-8-13(9-7-12)19-16(22)10-24-11-17(23)21-18-20-14-4-2-3-5-15(14)25-18/h2-9H,10-11H2,1H3,(H,19,22)(H,20,21,23). The Morgan fingerprint density at radius 2 is 1.68 bits per heavy atom. The molecule has 2 N–H and O–H groups in total. The van der Waals surface area contributed by atoms with Crippen LogP contribution in [0.4, 0.5) is 10.8 Å². The molecule has 3 aromatic rings. The Kier molecular flexibility index (Phi) is 5.67. The van der Waals surface area contributed by atoms with Crippen molar-refractivity contribution in [1.82, 2.24) is 4.98 Å². The van der Waals surface area contributed by atoms with Gasteiger partial charge in [0.05, 0.1) is 21.7 Å². The third kappa shape index (κ3) is 5.04. The van der Waals surface area contributed by atoms with Crippen molar-refractivity contribution in [2.24, 2.45) is 0 Å². The number of para-hydroxylation sites is 1. The van der Waals surface area contributed by atoms with E-state index in [2.05, 4.69) is 15.6 Å². The number of hydrogen-bond acceptors (Lipinski definition) is 5. The predicted molar refractivity (Wildman–Crippen MR) is 105 cm³/mol. The second kappa shape index (κ2) is 8.13. The lowest BCUT2D eigenvalue weighted by Crippen LogP contribution is -2.18. The molecular formula is C18H17N3O2S2. The molecule has 7 heteroatoms. The van der Waals surface area contributed by atoms with Crippen molar-refractivity contribution in [3.8, 4) is 0 Å². The van der Waals surface area contributed by atoms with Crippen LogP contribution in [-0.2, 0) is 9.59 Å².